The molecule has 0 atom stereocenters. The van der Waals surface area contributed by atoms with Crippen LogP contribution in [0.1, 0.15) is 5.56 Å². The Labute approximate surface area is 127 Å². The molecule has 0 amide bonds. The van der Waals surface area contributed by atoms with Crippen LogP contribution in [0.5, 0.6) is 11.6 Å². The zero-order valence-electron chi connectivity index (χ0n) is 11.0. The highest BCUT2D eigenvalue weighted by molar-refractivity contribution is 5.97. The minimum absolute atomic E-state index is 0. The second-order valence-electron chi connectivity index (χ2n) is 4.20. The Morgan fingerprint density at radius 2 is 1.71 bits per heavy atom. The number of hydrogen-bond acceptors (Lipinski definition) is 4. The number of aromatic nitrogens is 2. The minimum atomic E-state index is -0.0821. The highest BCUT2D eigenvalue weighted by atomic mass is 35.5. The summed E-state index contributed by atoms with van der Waals surface area (Å²) >= 11 is 0. The molecule has 0 fully saturated rings. The lowest BCUT2D eigenvalue weighted by molar-refractivity contribution is 0.466. The Morgan fingerprint density at radius 3 is 2.52 bits per heavy atom. The second kappa shape index (κ2) is 6.19. The summed E-state index contributed by atoms with van der Waals surface area (Å²) in [6, 6.07) is 12.9. The van der Waals surface area contributed by atoms with Crippen LogP contribution in [0.4, 0.5) is 0 Å². The van der Waals surface area contributed by atoms with E-state index in [1.54, 1.807) is 24.5 Å². The van der Waals surface area contributed by atoms with Gasteiger partial charge in [0.2, 0.25) is 5.88 Å². The van der Waals surface area contributed by atoms with Crippen molar-refractivity contribution in [2.75, 3.05) is 0 Å². The standard InChI is InChI=1S/C15H12N4O.ClH/c16-14(17)11-6-3-9-19-15(11)20-12-7-1-4-10-5-2-8-18-13(10)12;/h1-9H,(H3,16,17);1H. The average molecular weight is 301 g/mol. The minimum Gasteiger partial charge on any atom is -0.436 e. The smallest absolute Gasteiger partial charge is 0.230 e. The van der Waals surface area contributed by atoms with Crippen molar-refractivity contribution in [2.24, 2.45) is 5.73 Å². The van der Waals surface area contributed by atoms with E-state index in [1.807, 2.05) is 30.3 Å². The van der Waals surface area contributed by atoms with Gasteiger partial charge >= 0.3 is 0 Å². The number of nitrogens with one attached hydrogen (secondary N) is 1. The molecule has 0 aliphatic carbocycles. The number of nitrogens with zero attached hydrogens (tertiary/aromatic N) is 2. The highest BCUT2D eigenvalue weighted by Crippen LogP contribution is 2.28. The van der Waals surface area contributed by atoms with E-state index < -0.39 is 0 Å². The van der Waals surface area contributed by atoms with Gasteiger partial charge in [-0.2, -0.15) is 0 Å². The van der Waals surface area contributed by atoms with Gasteiger partial charge in [0.25, 0.3) is 0 Å². The third-order valence-corrected chi connectivity index (χ3v) is 2.86. The van der Waals surface area contributed by atoms with Crippen LogP contribution in [0.15, 0.2) is 54.9 Å². The van der Waals surface area contributed by atoms with E-state index in [0.29, 0.717) is 17.2 Å². The molecular formula is C15H13ClN4O. The lowest BCUT2D eigenvalue weighted by Crippen LogP contribution is -2.12. The van der Waals surface area contributed by atoms with Gasteiger partial charge in [-0.25, -0.2) is 4.98 Å². The van der Waals surface area contributed by atoms with Gasteiger partial charge in [-0.3, -0.25) is 10.4 Å². The molecule has 3 rings (SSSR count). The first-order valence-electron chi connectivity index (χ1n) is 6.07. The van der Waals surface area contributed by atoms with Crippen LogP contribution < -0.4 is 10.5 Å². The molecule has 21 heavy (non-hydrogen) atoms. The topological polar surface area (TPSA) is 84.9 Å². The monoisotopic (exact) mass is 300 g/mol. The fourth-order valence-corrected chi connectivity index (χ4v) is 1.94. The van der Waals surface area contributed by atoms with Gasteiger partial charge in [0.1, 0.15) is 11.4 Å². The van der Waals surface area contributed by atoms with Crippen molar-refractivity contribution >= 4 is 29.1 Å². The maximum Gasteiger partial charge on any atom is 0.230 e. The molecule has 0 aliphatic heterocycles. The third-order valence-electron chi connectivity index (χ3n) is 2.86. The van der Waals surface area contributed by atoms with E-state index in [-0.39, 0.29) is 18.2 Å². The summed E-state index contributed by atoms with van der Waals surface area (Å²) in [6.45, 7) is 0. The lowest BCUT2D eigenvalue weighted by Gasteiger charge is -2.10. The summed E-state index contributed by atoms with van der Waals surface area (Å²) in [5, 5.41) is 8.52. The Morgan fingerprint density at radius 1 is 1.00 bits per heavy atom. The molecule has 3 N–H and O–H groups in total. The van der Waals surface area contributed by atoms with E-state index in [2.05, 4.69) is 9.97 Å². The van der Waals surface area contributed by atoms with Gasteiger partial charge < -0.3 is 10.5 Å². The molecule has 0 saturated carbocycles. The molecule has 0 bridgehead atoms. The van der Waals surface area contributed by atoms with Gasteiger partial charge in [-0.1, -0.05) is 18.2 Å². The molecular weight excluding hydrogens is 288 g/mol. The van der Waals surface area contributed by atoms with Crippen LogP contribution in [0, 0.1) is 5.41 Å². The number of amidine groups is 1. The summed E-state index contributed by atoms with van der Waals surface area (Å²) in [7, 11) is 0. The summed E-state index contributed by atoms with van der Waals surface area (Å²) < 4.78 is 5.79. The molecule has 0 unspecified atom stereocenters. The first-order chi connectivity index (χ1) is 9.75. The number of halogens is 1. The summed E-state index contributed by atoms with van der Waals surface area (Å²) in [5.74, 6) is 0.809. The molecule has 6 heteroatoms. The Kier molecular flexibility index (Phi) is 4.35. The van der Waals surface area contributed by atoms with Gasteiger partial charge in [0, 0.05) is 17.8 Å². The van der Waals surface area contributed by atoms with Crippen molar-refractivity contribution in [2.45, 2.75) is 0 Å². The molecule has 2 aromatic heterocycles. The van der Waals surface area contributed by atoms with Crippen molar-refractivity contribution in [3.05, 3.63) is 60.4 Å². The lowest BCUT2D eigenvalue weighted by atomic mass is 10.2. The molecule has 2 heterocycles. The van der Waals surface area contributed by atoms with Crippen LogP contribution in [0.25, 0.3) is 10.9 Å². The van der Waals surface area contributed by atoms with Crippen LogP contribution >= 0.6 is 12.4 Å². The summed E-state index contributed by atoms with van der Waals surface area (Å²) in [6.07, 6.45) is 3.31. The quantitative estimate of drug-likeness (QED) is 0.575. The predicted molar refractivity (Wildman–Crippen MR) is 84.3 cm³/mol. The van der Waals surface area contributed by atoms with Gasteiger partial charge in [-0.05, 0) is 24.3 Å². The molecule has 0 saturated heterocycles. The third kappa shape index (κ3) is 2.93. The van der Waals surface area contributed by atoms with E-state index in [9.17, 15) is 0 Å². The zero-order chi connectivity index (χ0) is 13.9. The SMILES string of the molecule is Cl.N=C(N)c1cccnc1Oc1cccc2cccnc12. The van der Waals surface area contributed by atoms with Crippen LogP contribution in [0.2, 0.25) is 0 Å². The van der Waals surface area contributed by atoms with Gasteiger partial charge in [0.15, 0.2) is 5.75 Å². The number of pyridine rings is 2. The van der Waals surface area contributed by atoms with E-state index in [0.717, 1.165) is 10.9 Å². The van der Waals surface area contributed by atoms with E-state index >= 15 is 0 Å². The molecule has 106 valence electrons. The molecule has 0 radical (unpaired) electrons. The van der Waals surface area contributed by atoms with Gasteiger partial charge in [0.05, 0.1) is 5.56 Å². The van der Waals surface area contributed by atoms with Crippen LogP contribution in [-0.2, 0) is 0 Å². The summed E-state index contributed by atoms with van der Waals surface area (Å²) in [5.41, 5.74) is 6.73. The number of para-hydroxylation sites is 1. The van der Waals surface area contributed by atoms with Crippen molar-refractivity contribution in [1.82, 2.24) is 9.97 Å². The molecule has 3 aromatic rings. The second-order valence-corrected chi connectivity index (χ2v) is 4.20. The Bertz CT molecular complexity index is 786. The zero-order valence-corrected chi connectivity index (χ0v) is 11.8. The maximum absolute atomic E-state index is 7.55. The molecule has 0 spiro atoms. The number of fused-ring (bicyclic) bond motifs is 1. The normalized spacial score (nSPS) is 9.90. The van der Waals surface area contributed by atoms with Crippen LogP contribution in [0.3, 0.4) is 0 Å². The number of nitrogens with two attached hydrogens (primary N) is 1. The first kappa shape index (κ1) is 14.7. The largest absolute Gasteiger partial charge is 0.436 e. The number of rotatable bonds is 3. The Hall–Kier alpha value is -2.66. The van der Waals surface area contributed by atoms with E-state index in [1.165, 1.54) is 0 Å². The number of nitrogen functional groups attached to an aromatic ring is 1. The predicted octanol–water partition coefficient (Wildman–Crippen LogP) is 3.13. The fraction of sp³-hybridized carbons (Fsp3) is 0. The maximum atomic E-state index is 7.55. The number of hydrogen-bond donors (Lipinski definition) is 2. The van der Waals surface area contributed by atoms with Crippen molar-refractivity contribution in [1.29, 1.82) is 5.41 Å². The summed E-state index contributed by atoms with van der Waals surface area (Å²) in [4.78, 5) is 8.45. The van der Waals surface area contributed by atoms with Gasteiger partial charge in [-0.15, -0.1) is 12.4 Å². The molecule has 1 aromatic carbocycles. The number of ether oxygens (including phenoxy) is 1. The Balaban J connectivity index is 0.00000161. The van der Waals surface area contributed by atoms with E-state index in [4.69, 9.17) is 15.9 Å². The fourth-order valence-electron chi connectivity index (χ4n) is 1.94. The average Bonchev–Trinajstić information content (AvgIpc) is 2.48. The highest BCUT2D eigenvalue weighted by Gasteiger charge is 2.10. The first-order valence-corrected chi connectivity index (χ1v) is 6.07. The van der Waals surface area contributed by atoms with Crippen molar-refractivity contribution in [3.8, 4) is 11.6 Å². The van der Waals surface area contributed by atoms with Crippen molar-refractivity contribution in [3.63, 3.8) is 0 Å². The molecule has 0 aliphatic rings. The van der Waals surface area contributed by atoms with Crippen molar-refractivity contribution < 1.29 is 4.74 Å². The number of benzene rings is 1. The van der Waals surface area contributed by atoms with Crippen LogP contribution in [-0.4, -0.2) is 15.8 Å². The molecule has 5 nitrogen and oxygen atoms in total.